The molecule has 1 atom stereocenters. The predicted molar refractivity (Wildman–Crippen MR) is 89.6 cm³/mol. The van der Waals surface area contributed by atoms with Crippen LogP contribution in [-0.2, 0) is 33.0 Å². The van der Waals surface area contributed by atoms with Gasteiger partial charge < -0.3 is 4.57 Å². The van der Waals surface area contributed by atoms with Gasteiger partial charge >= 0.3 is 0 Å². The molecular weight excluding hydrogens is 304 g/mol. The minimum absolute atomic E-state index is 0.0427. The largest absolute Gasteiger partial charge is 0.320 e. The van der Waals surface area contributed by atoms with E-state index in [0.29, 0.717) is 12.6 Å². The highest BCUT2D eigenvalue weighted by Gasteiger charge is 2.27. The van der Waals surface area contributed by atoms with Gasteiger partial charge in [-0.05, 0) is 50.6 Å². The van der Waals surface area contributed by atoms with Crippen molar-refractivity contribution >= 4 is 0 Å². The molecule has 0 radical (unpaired) electrons. The zero-order chi connectivity index (χ0) is 16.5. The maximum atomic E-state index is 12.4. The molecule has 1 saturated heterocycles. The molecule has 1 fully saturated rings. The zero-order valence-electron chi connectivity index (χ0n) is 14.2. The number of fused-ring (bicyclic) bond motifs is 1. The Kier molecular flexibility index (Phi) is 4.18. The number of hydrogen-bond acceptors (Lipinski definition) is 5. The molecule has 2 aliphatic rings. The summed E-state index contributed by atoms with van der Waals surface area (Å²) in [6.45, 7) is 2.49. The summed E-state index contributed by atoms with van der Waals surface area (Å²) in [6.07, 6.45) is 8.34. The van der Waals surface area contributed by atoms with Crippen molar-refractivity contribution in [1.82, 2.24) is 29.4 Å². The van der Waals surface area contributed by atoms with Crippen LogP contribution in [0.15, 0.2) is 17.2 Å². The van der Waals surface area contributed by atoms with E-state index in [2.05, 4.69) is 20.2 Å². The second kappa shape index (κ2) is 6.47. The number of likely N-dealkylation sites (tertiary alicyclic amines) is 1. The van der Waals surface area contributed by atoms with Gasteiger partial charge in [-0.2, -0.15) is 5.10 Å². The van der Waals surface area contributed by atoms with Crippen molar-refractivity contribution in [2.75, 3.05) is 6.54 Å². The van der Waals surface area contributed by atoms with Gasteiger partial charge in [-0.1, -0.05) is 0 Å². The first-order chi connectivity index (χ1) is 11.7. The third-order valence-corrected chi connectivity index (χ3v) is 5.31. The molecule has 128 valence electrons. The Morgan fingerprint density at radius 3 is 2.96 bits per heavy atom. The highest BCUT2D eigenvalue weighted by atomic mass is 16.1. The second-order valence-electron chi connectivity index (χ2n) is 6.97. The molecule has 24 heavy (non-hydrogen) atoms. The minimum Gasteiger partial charge on any atom is -0.320 e. The van der Waals surface area contributed by atoms with Crippen LogP contribution in [0.3, 0.4) is 0 Å². The van der Waals surface area contributed by atoms with E-state index in [9.17, 15) is 4.79 Å². The summed E-state index contributed by atoms with van der Waals surface area (Å²) in [5.74, 6) is 0.965. The molecule has 1 aliphatic carbocycles. The smallest absolute Gasteiger partial charge is 0.267 e. The molecule has 0 N–H and O–H groups in total. The van der Waals surface area contributed by atoms with Gasteiger partial charge in [0.15, 0.2) is 0 Å². The first-order valence-corrected chi connectivity index (χ1v) is 8.87. The Balaban J connectivity index is 1.52. The van der Waals surface area contributed by atoms with Crippen LogP contribution in [0.25, 0.3) is 0 Å². The van der Waals surface area contributed by atoms with Gasteiger partial charge in [-0.25, -0.2) is 4.68 Å². The van der Waals surface area contributed by atoms with Crippen molar-refractivity contribution in [3.63, 3.8) is 0 Å². The number of nitrogens with zero attached hydrogens (tertiary/aromatic N) is 6. The molecule has 1 aliphatic heterocycles. The fourth-order valence-corrected chi connectivity index (χ4v) is 3.87. The van der Waals surface area contributed by atoms with E-state index in [1.807, 2.05) is 17.7 Å². The lowest BCUT2D eigenvalue weighted by Gasteiger charge is -2.24. The number of aromatic nitrogens is 5. The van der Waals surface area contributed by atoms with Crippen molar-refractivity contribution in [2.24, 2.45) is 7.05 Å². The topological polar surface area (TPSA) is 68.8 Å². The van der Waals surface area contributed by atoms with Crippen molar-refractivity contribution < 1.29 is 0 Å². The summed E-state index contributed by atoms with van der Waals surface area (Å²) in [6, 6.07) is 2.15. The molecule has 0 spiro atoms. The Labute approximate surface area is 141 Å². The van der Waals surface area contributed by atoms with Crippen LogP contribution in [0.1, 0.15) is 42.8 Å². The SMILES string of the molecule is Cn1cnnc1CN1CCCC1Cn1nc2c(cc1=O)CCCC2. The molecule has 0 aromatic carbocycles. The molecule has 7 nitrogen and oxygen atoms in total. The standard InChI is InChI=1S/C17H24N6O/c1-21-12-18-19-16(21)11-22-8-4-6-14(22)10-23-17(24)9-13-5-2-3-7-15(13)20-23/h9,12,14H,2-8,10-11H2,1H3. The summed E-state index contributed by atoms with van der Waals surface area (Å²) in [5, 5.41) is 12.8. The van der Waals surface area contributed by atoms with Crippen LogP contribution in [-0.4, -0.2) is 42.0 Å². The Hall–Kier alpha value is -2.02. The average Bonchev–Trinajstić information content (AvgIpc) is 3.18. The normalized spacial score (nSPS) is 21.1. The van der Waals surface area contributed by atoms with E-state index >= 15 is 0 Å². The lowest BCUT2D eigenvalue weighted by Crippen LogP contribution is -2.38. The van der Waals surface area contributed by atoms with Crippen LogP contribution in [0.4, 0.5) is 0 Å². The molecule has 3 heterocycles. The molecule has 0 bridgehead atoms. The molecule has 2 aromatic rings. The van der Waals surface area contributed by atoms with E-state index in [1.165, 1.54) is 12.8 Å². The van der Waals surface area contributed by atoms with Crippen LogP contribution in [0.2, 0.25) is 0 Å². The monoisotopic (exact) mass is 328 g/mol. The molecule has 0 amide bonds. The molecule has 2 aromatic heterocycles. The highest BCUT2D eigenvalue weighted by molar-refractivity contribution is 5.20. The summed E-state index contributed by atoms with van der Waals surface area (Å²) < 4.78 is 3.64. The predicted octanol–water partition coefficient (Wildman–Crippen LogP) is 0.915. The van der Waals surface area contributed by atoms with Crippen molar-refractivity contribution in [3.05, 3.63) is 39.8 Å². The van der Waals surface area contributed by atoms with Crippen molar-refractivity contribution in [1.29, 1.82) is 0 Å². The lowest BCUT2D eigenvalue weighted by molar-refractivity contribution is 0.209. The summed E-state index contributed by atoms with van der Waals surface area (Å²) in [5.41, 5.74) is 2.32. The first-order valence-electron chi connectivity index (χ1n) is 8.87. The van der Waals surface area contributed by atoms with Crippen LogP contribution < -0.4 is 5.56 Å². The van der Waals surface area contributed by atoms with Gasteiger partial charge in [0, 0.05) is 19.2 Å². The number of rotatable bonds is 4. The minimum atomic E-state index is 0.0427. The summed E-state index contributed by atoms with van der Waals surface area (Å²) in [7, 11) is 1.97. The van der Waals surface area contributed by atoms with E-state index in [-0.39, 0.29) is 5.56 Å². The van der Waals surface area contributed by atoms with Crippen LogP contribution in [0, 0.1) is 0 Å². The van der Waals surface area contributed by atoms with E-state index < -0.39 is 0 Å². The third-order valence-electron chi connectivity index (χ3n) is 5.31. The molecule has 0 saturated carbocycles. The molecule has 1 unspecified atom stereocenters. The first kappa shape index (κ1) is 15.5. The van der Waals surface area contributed by atoms with Gasteiger partial charge in [0.25, 0.3) is 5.56 Å². The Morgan fingerprint density at radius 2 is 2.12 bits per heavy atom. The van der Waals surface area contributed by atoms with Crippen LogP contribution in [0.5, 0.6) is 0 Å². The lowest BCUT2D eigenvalue weighted by atomic mass is 9.97. The zero-order valence-corrected chi connectivity index (χ0v) is 14.2. The van der Waals surface area contributed by atoms with Crippen molar-refractivity contribution in [3.8, 4) is 0 Å². The van der Waals surface area contributed by atoms with Gasteiger partial charge in [0.05, 0.1) is 18.8 Å². The second-order valence-corrected chi connectivity index (χ2v) is 6.97. The average molecular weight is 328 g/mol. The maximum absolute atomic E-state index is 12.4. The fourth-order valence-electron chi connectivity index (χ4n) is 3.87. The van der Waals surface area contributed by atoms with Crippen molar-refractivity contribution in [2.45, 2.75) is 57.7 Å². The number of aryl methyl sites for hydroxylation is 3. The Morgan fingerprint density at radius 1 is 1.25 bits per heavy atom. The van der Waals surface area contributed by atoms with Gasteiger partial charge in [-0.15, -0.1) is 10.2 Å². The molecular formula is C17H24N6O. The quantitative estimate of drug-likeness (QED) is 0.835. The summed E-state index contributed by atoms with van der Waals surface area (Å²) in [4.78, 5) is 14.8. The summed E-state index contributed by atoms with van der Waals surface area (Å²) >= 11 is 0. The van der Waals surface area contributed by atoms with E-state index in [1.54, 1.807) is 11.0 Å². The van der Waals surface area contributed by atoms with Gasteiger partial charge in [0.2, 0.25) is 0 Å². The Bertz CT molecular complexity index is 780. The van der Waals surface area contributed by atoms with Crippen LogP contribution >= 0.6 is 0 Å². The van der Waals surface area contributed by atoms with Gasteiger partial charge in [-0.3, -0.25) is 9.69 Å². The van der Waals surface area contributed by atoms with E-state index in [0.717, 1.165) is 55.9 Å². The maximum Gasteiger partial charge on any atom is 0.267 e. The highest BCUT2D eigenvalue weighted by Crippen LogP contribution is 2.21. The van der Waals surface area contributed by atoms with E-state index in [4.69, 9.17) is 0 Å². The third kappa shape index (κ3) is 3.00. The number of hydrogen-bond donors (Lipinski definition) is 0. The fraction of sp³-hybridized carbons (Fsp3) is 0.647. The van der Waals surface area contributed by atoms with Gasteiger partial charge in [0.1, 0.15) is 12.2 Å². The molecule has 4 rings (SSSR count). The molecule has 7 heteroatoms.